The first-order chi connectivity index (χ1) is 9.54. The molecule has 1 aromatic carbocycles. The quantitative estimate of drug-likeness (QED) is 0.512. The van der Waals surface area contributed by atoms with E-state index in [-0.39, 0.29) is 17.9 Å². The molecule has 0 radical (unpaired) electrons. The van der Waals surface area contributed by atoms with Crippen LogP contribution in [-0.4, -0.2) is 37.9 Å². The van der Waals surface area contributed by atoms with E-state index in [9.17, 15) is 9.18 Å². The van der Waals surface area contributed by atoms with Gasteiger partial charge in [-0.25, -0.2) is 4.39 Å². The summed E-state index contributed by atoms with van der Waals surface area (Å²) in [6.07, 6.45) is 4.46. The molecule has 0 amide bonds. The van der Waals surface area contributed by atoms with E-state index in [1.807, 2.05) is 0 Å². The zero-order valence-electron chi connectivity index (χ0n) is 12.6. The van der Waals surface area contributed by atoms with Gasteiger partial charge in [0.05, 0.1) is 18.7 Å². The molecule has 1 rings (SSSR count). The molecule has 112 valence electrons. The molecule has 20 heavy (non-hydrogen) atoms. The van der Waals surface area contributed by atoms with Crippen molar-refractivity contribution in [2.24, 2.45) is 0 Å². The smallest absolute Gasteiger partial charge is 0.179 e. The molecule has 0 saturated heterocycles. The third-order valence-corrected chi connectivity index (χ3v) is 2.97. The molecule has 0 fully saturated rings. The molecule has 0 spiro atoms. The summed E-state index contributed by atoms with van der Waals surface area (Å²) in [6.45, 7) is 2.94. The fraction of sp³-hybridized carbons (Fsp3) is 0.562. The molecule has 0 saturated carbocycles. The van der Waals surface area contributed by atoms with Crippen LogP contribution in [0.5, 0.6) is 5.75 Å². The van der Waals surface area contributed by atoms with Crippen LogP contribution in [0.2, 0.25) is 0 Å². The average molecular weight is 281 g/mol. The van der Waals surface area contributed by atoms with E-state index in [0.29, 0.717) is 12.4 Å². The molecule has 0 atom stereocenters. The molecule has 4 heteroatoms. The Hall–Kier alpha value is -1.42. The second-order valence-corrected chi connectivity index (χ2v) is 5.21. The van der Waals surface area contributed by atoms with E-state index in [1.165, 1.54) is 25.0 Å². The Bertz CT molecular complexity index is 432. The van der Waals surface area contributed by atoms with Gasteiger partial charge in [0.1, 0.15) is 11.6 Å². The highest BCUT2D eigenvalue weighted by Crippen LogP contribution is 2.18. The molecule has 0 bridgehead atoms. The maximum absolute atomic E-state index is 13.9. The Labute approximate surface area is 120 Å². The fourth-order valence-corrected chi connectivity index (χ4v) is 1.90. The first-order valence-corrected chi connectivity index (χ1v) is 7.15. The second kappa shape index (κ2) is 8.69. The lowest BCUT2D eigenvalue weighted by Gasteiger charge is -2.10. The summed E-state index contributed by atoms with van der Waals surface area (Å²) >= 11 is 0. The lowest BCUT2D eigenvalue weighted by molar-refractivity contribution is 0.0954. The molecule has 0 aliphatic carbocycles. The highest BCUT2D eigenvalue weighted by molar-refractivity contribution is 5.97. The Balaban J connectivity index is 2.52. The van der Waals surface area contributed by atoms with Gasteiger partial charge < -0.3 is 9.64 Å². The van der Waals surface area contributed by atoms with Crippen molar-refractivity contribution < 1.29 is 13.9 Å². The number of hydrogen-bond donors (Lipinski definition) is 0. The van der Waals surface area contributed by atoms with Crippen molar-refractivity contribution in [1.82, 2.24) is 4.90 Å². The van der Waals surface area contributed by atoms with Crippen molar-refractivity contribution in [3.8, 4) is 5.75 Å². The van der Waals surface area contributed by atoms with Gasteiger partial charge in [0.15, 0.2) is 5.78 Å². The first kappa shape index (κ1) is 16.6. The van der Waals surface area contributed by atoms with Gasteiger partial charge in [-0.1, -0.05) is 26.2 Å². The largest absolute Gasteiger partial charge is 0.493 e. The molecule has 0 unspecified atom stereocenters. The highest BCUT2D eigenvalue weighted by atomic mass is 19.1. The van der Waals surface area contributed by atoms with Crippen LogP contribution in [0.3, 0.4) is 0 Å². The van der Waals surface area contributed by atoms with E-state index < -0.39 is 5.82 Å². The molecule has 0 heterocycles. The Morgan fingerprint density at radius 3 is 2.60 bits per heavy atom. The second-order valence-electron chi connectivity index (χ2n) is 5.21. The van der Waals surface area contributed by atoms with Crippen molar-refractivity contribution >= 4 is 5.78 Å². The number of hydrogen-bond acceptors (Lipinski definition) is 3. The standard InChI is InChI=1S/C16H24FNO2/c1-4-5-6-7-10-20-13-8-9-14(15(17)11-13)16(19)12-18(2)3/h8-9,11H,4-7,10,12H2,1-3H3. The van der Waals surface area contributed by atoms with E-state index in [2.05, 4.69) is 6.92 Å². The summed E-state index contributed by atoms with van der Waals surface area (Å²) in [5.41, 5.74) is 0.122. The normalized spacial score (nSPS) is 10.8. The third-order valence-electron chi connectivity index (χ3n) is 2.97. The lowest BCUT2D eigenvalue weighted by Crippen LogP contribution is -2.22. The predicted octanol–water partition coefficient (Wildman–Crippen LogP) is 3.53. The van der Waals surface area contributed by atoms with Crippen molar-refractivity contribution in [2.45, 2.75) is 32.6 Å². The molecular weight excluding hydrogens is 257 g/mol. The lowest BCUT2D eigenvalue weighted by atomic mass is 10.1. The number of ketones is 1. The predicted molar refractivity (Wildman–Crippen MR) is 78.9 cm³/mol. The molecule has 1 aromatic rings. The Kier molecular flexibility index (Phi) is 7.23. The molecule has 0 aliphatic heterocycles. The number of rotatable bonds is 9. The van der Waals surface area contributed by atoms with Crippen LogP contribution in [0.15, 0.2) is 18.2 Å². The van der Waals surface area contributed by atoms with Gasteiger partial charge in [-0.05, 0) is 32.6 Å². The minimum atomic E-state index is -0.511. The van der Waals surface area contributed by atoms with Gasteiger partial charge in [0, 0.05) is 6.07 Å². The minimum Gasteiger partial charge on any atom is -0.493 e. The van der Waals surface area contributed by atoms with Crippen LogP contribution >= 0.6 is 0 Å². The monoisotopic (exact) mass is 281 g/mol. The molecule has 0 aliphatic rings. The first-order valence-electron chi connectivity index (χ1n) is 7.15. The number of carbonyl (C=O) groups is 1. The average Bonchev–Trinajstić information content (AvgIpc) is 2.37. The summed E-state index contributed by atoms with van der Waals surface area (Å²) in [6, 6.07) is 4.46. The van der Waals surface area contributed by atoms with Crippen LogP contribution in [0.25, 0.3) is 0 Å². The number of Topliss-reactive ketones (excluding diaryl/α,β-unsaturated/α-hetero) is 1. The van der Waals surface area contributed by atoms with Crippen LogP contribution < -0.4 is 4.74 Å². The Morgan fingerprint density at radius 1 is 1.25 bits per heavy atom. The number of nitrogens with zero attached hydrogens (tertiary/aromatic N) is 1. The van der Waals surface area contributed by atoms with Crippen LogP contribution in [0, 0.1) is 5.82 Å². The van der Waals surface area contributed by atoms with Crippen LogP contribution in [0.4, 0.5) is 4.39 Å². The van der Waals surface area contributed by atoms with Crippen molar-refractivity contribution in [1.29, 1.82) is 0 Å². The zero-order valence-corrected chi connectivity index (χ0v) is 12.6. The topological polar surface area (TPSA) is 29.5 Å². The van der Waals surface area contributed by atoms with Gasteiger partial charge >= 0.3 is 0 Å². The van der Waals surface area contributed by atoms with E-state index in [4.69, 9.17) is 4.74 Å². The number of halogens is 1. The summed E-state index contributed by atoms with van der Waals surface area (Å²) in [7, 11) is 3.56. The molecule has 0 aromatic heterocycles. The number of ether oxygens (including phenoxy) is 1. The number of carbonyl (C=O) groups excluding carboxylic acids is 1. The van der Waals surface area contributed by atoms with Crippen molar-refractivity contribution in [3.63, 3.8) is 0 Å². The minimum absolute atomic E-state index is 0.122. The Morgan fingerprint density at radius 2 is 2.00 bits per heavy atom. The third kappa shape index (κ3) is 5.70. The molecule has 3 nitrogen and oxygen atoms in total. The van der Waals surface area contributed by atoms with Crippen molar-refractivity contribution in [2.75, 3.05) is 27.2 Å². The van der Waals surface area contributed by atoms with Crippen LogP contribution in [0.1, 0.15) is 43.0 Å². The van der Waals surface area contributed by atoms with Gasteiger partial charge in [-0.2, -0.15) is 0 Å². The van der Waals surface area contributed by atoms with Crippen LogP contribution in [-0.2, 0) is 0 Å². The van der Waals surface area contributed by atoms with Gasteiger partial charge in [-0.15, -0.1) is 0 Å². The van der Waals surface area contributed by atoms with E-state index in [1.54, 1.807) is 25.1 Å². The number of unbranched alkanes of at least 4 members (excludes halogenated alkanes) is 3. The summed E-state index contributed by atoms with van der Waals surface area (Å²) in [4.78, 5) is 13.5. The van der Waals surface area contributed by atoms with E-state index >= 15 is 0 Å². The SMILES string of the molecule is CCCCCCOc1ccc(C(=O)CN(C)C)c(F)c1. The highest BCUT2D eigenvalue weighted by Gasteiger charge is 2.13. The van der Waals surface area contributed by atoms with E-state index in [0.717, 1.165) is 12.8 Å². The molecular formula is C16H24FNO2. The zero-order chi connectivity index (χ0) is 15.0. The summed E-state index contributed by atoms with van der Waals surface area (Å²) < 4.78 is 19.3. The number of likely N-dealkylation sites (N-methyl/N-ethyl adjacent to an activating group) is 1. The summed E-state index contributed by atoms with van der Waals surface area (Å²) in [5, 5.41) is 0. The molecule has 0 N–H and O–H groups in total. The van der Waals surface area contributed by atoms with Gasteiger partial charge in [-0.3, -0.25) is 4.79 Å². The summed E-state index contributed by atoms with van der Waals surface area (Å²) in [5.74, 6) is -0.245. The van der Waals surface area contributed by atoms with Gasteiger partial charge in [0.25, 0.3) is 0 Å². The van der Waals surface area contributed by atoms with Crippen molar-refractivity contribution in [3.05, 3.63) is 29.6 Å². The van der Waals surface area contributed by atoms with Gasteiger partial charge in [0.2, 0.25) is 0 Å². The maximum Gasteiger partial charge on any atom is 0.179 e. The number of benzene rings is 1. The fourth-order valence-electron chi connectivity index (χ4n) is 1.90. The maximum atomic E-state index is 13.9.